The van der Waals surface area contributed by atoms with Crippen LogP contribution in [-0.4, -0.2) is 60.9 Å². The zero-order chi connectivity index (χ0) is 18.3. The topological polar surface area (TPSA) is 85.8 Å². The Labute approximate surface area is 154 Å². The van der Waals surface area contributed by atoms with Crippen LogP contribution in [0, 0.1) is 11.8 Å². The largest absolute Gasteiger partial charge is 0.354 e. The number of anilines is 1. The molecule has 1 unspecified atom stereocenters. The second kappa shape index (κ2) is 9.36. The first-order valence-corrected chi connectivity index (χ1v) is 10.2. The van der Waals surface area contributed by atoms with Crippen LogP contribution in [0.4, 0.5) is 5.82 Å². The first-order chi connectivity index (χ1) is 12.0. The lowest BCUT2D eigenvalue weighted by molar-refractivity contribution is 0.153. The Hall–Kier alpha value is -1.37. The Morgan fingerprint density at radius 1 is 1.36 bits per heavy atom. The van der Waals surface area contributed by atoms with E-state index in [1.165, 1.54) is 4.31 Å². The van der Waals surface area contributed by atoms with E-state index in [4.69, 9.17) is 16.8 Å². The van der Waals surface area contributed by atoms with Gasteiger partial charge in [-0.3, -0.25) is 0 Å². The molecule has 1 aromatic heterocycles. The van der Waals surface area contributed by atoms with Crippen molar-refractivity contribution in [2.24, 2.45) is 0 Å². The molecule has 1 atom stereocenters. The number of hydrogen-bond donors (Lipinski definition) is 2. The van der Waals surface area contributed by atoms with Crippen LogP contribution in [-0.2, 0) is 10.0 Å². The van der Waals surface area contributed by atoms with Gasteiger partial charge < -0.3 is 10.1 Å². The standard InChI is InChI=1S/C16H23ClN4O3S/c1-2-3-4-5-15(19-22)13-25(23,24)21-10-8-20(9-11-21)16-7-6-14(17)12-18-16/h6-7,12,15,19,22H,2-3,8-11,13H2,1H3. The molecule has 0 spiro atoms. The highest BCUT2D eigenvalue weighted by molar-refractivity contribution is 7.89. The monoisotopic (exact) mass is 386 g/mol. The lowest BCUT2D eigenvalue weighted by Gasteiger charge is -2.35. The van der Waals surface area contributed by atoms with Crippen LogP contribution in [0.25, 0.3) is 0 Å². The number of rotatable bonds is 6. The molecule has 2 rings (SSSR count). The van der Waals surface area contributed by atoms with Crippen LogP contribution in [0.5, 0.6) is 0 Å². The van der Waals surface area contributed by atoms with E-state index >= 15 is 0 Å². The number of pyridine rings is 1. The van der Waals surface area contributed by atoms with Gasteiger partial charge in [0, 0.05) is 38.8 Å². The van der Waals surface area contributed by atoms with Crippen molar-refractivity contribution in [1.82, 2.24) is 14.8 Å². The maximum atomic E-state index is 12.5. The normalized spacial score (nSPS) is 17.0. The molecule has 0 amide bonds. The van der Waals surface area contributed by atoms with Crippen molar-refractivity contribution in [1.29, 1.82) is 0 Å². The van der Waals surface area contributed by atoms with Crippen molar-refractivity contribution >= 4 is 27.4 Å². The SMILES string of the molecule is CCCC#CC(CS(=O)(=O)N1CCN(c2ccc(Cl)cn2)CC1)NO. The minimum atomic E-state index is -3.50. The molecule has 1 saturated heterocycles. The summed E-state index contributed by atoms with van der Waals surface area (Å²) in [6.45, 7) is 3.82. The highest BCUT2D eigenvalue weighted by atomic mass is 35.5. The maximum absolute atomic E-state index is 12.5. The van der Waals surface area contributed by atoms with Gasteiger partial charge >= 0.3 is 0 Å². The number of sulfonamides is 1. The number of nitrogens with one attached hydrogen (secondary N) is 1. The summed E-state index contributed by atoms with van der Waals surface area (Å²) in [6, 6.07) is 2.80. The molecule has 138 valence electrons. The summed E-state index contributed by atoms with van der Waals surface area (Å²) in [5, 5.41) is 9.70. The molecule has 1 fully saturated rings. The third kappa shape index (κ3) is 5.83. The summed E-state index contributed by atoms with van der Waals surface area (Å²) in [5.74, 6) is 6.15. The Bertz CT molecular complexity index is 707. The predicted molar refractivity (Wildman–Crippen MR) is 98.2 cm³/mol. The van der Waals surface area contributed by atoms with Gasteiger partial charge in [-0.05, 0) is 18.6 Å². The van der Waals surface area contributed by atoms with Gasteiger partial charge in [-0.15, -0.1) is 5.92 Å². The van der Waals surface area contributed by atoms with Gasteiger partial charge in [-0.1, -0.05) is 24.4 Å². The first-order valence-electron chi connectivity index (χ1n) is 8.18. The van der Waals surface area contributed by atoms with Crippen molar-refractivity contribution in [3.8, 4) is 11.8 Å². The van der Waals surface area contributed by atoms with Gasteiger partial charge in [0.05, 0.1) is 10.8 Å². The highest BCUT2D eigenvalue weighted by Gasteiger charge is 2.29. The van der Waals surface area contributed by atoms with E-state index < -0.39 is 16.1 Å². The number of hydroxylamine groups is 1. The molecular formula is C16H23ClN4O3S. The van der Waals surface area contributed by atoms with Crippen LogP contribution < -0.4 is 10.4 Å². The summed E-state index contributed by atoms with van der Waals surface area (Å²) >= 11 is 5.84. The number of aromatic nitrogens is 1. The number of halogens is 1. The quantitative estimate of drug-likeness (QED) is 0.566. The third-order valence-corrected chi connectivity index (χ3v) is 5.98. The highest BCUT2D eigenvalue weighted by Crippen LogP contribution is 2.17. The van der Waals surface area contributed by atoms with Gasteiger partial charge in [0.2, 0.25) is 10.0 Å². The fourth-order valence-corrected chi connectivity index (χ4v) is 4.12. The molecular weight excluding hydrogens is 364 g/mol. The Morgan fingerprint density at radius 2 is 2.08 bits per heavy atom. The number of piperazine rings is 1. The van der Waals surface area contributed by atoms with E-state index in [1.807, 2.05) is 23.4 Å². The second-order valence-electron chi connectivity index (χ2n) is 5.75. The van der Waals surface area contributed by atoms with Crippen LogP contribution >= 0.6 is 11.6 Å². The number of unbranched alkanes of at least 4 members (excludes halogenated alkanes) is 1. The van der Waals surface area contributed by atoms with Gasteiger partial charge in [-0.25, -0.2) is 13.4 Å². The van der Waals surface area contributed by atoms with E-state index in [-0.39, 0.29) is 5.75 Å². The Kier molecular flexibility index (Phi) is 7.47. The first kappa shape index (κ1) is 19.9. The fraction of sp³-hybridized carbons (Fsp3) is 0.562. The molecule has 1 aliphatic heterocycles. The second-order valence-corrected chi connectivity index (χ2v) is 8.20. The molecule has 1 aromatic rings. The van der Waals surface area contributed by atoms with Gasteiger partial charge in [-0.2, -0.15) is 9.79 Å². The van der Waals surface area contributed by atoms with E-state index in [2.05, 4.69) is 16.8 Å². The van der Waals surface area contributed by atoms with Crippen LogP contribution in [0.15, 0.2) is 18.3 Å². The van der Waals surface area contributed by atoms with E-state index in [9.17, 15) is 8.42 Å². The van der Waals surface area contributed by atoms with Gasteiger partial charge in [0.25, 0.3) is 0 Å². The van der Waals surface area contributed by atoms with E-state index in [1.54, 1.807) is 12.3 Å². The molecule has 7 nitrogen and oxygen atoms in total. The maximum Gasteiger partial charge on any atom is 0.216 e. The lowest BCUT2D eigenvalue weighted by atomic mass is 10.3. The molecule has 9 heteroatoms. The molecule has 0 radical (unpaired) electrons. The van der Waals surface area contributed by atoms with Crippen LogP contribution in [0.2, 0.25) is 5.02 Å². The summed E-state index contributed by atoms with van der Waals surface area (Å²) in [6.07, 6.45) is 3.13. The van der Waals surface area contributed by atoms with Crippen molar-refractivity contribution in [2.75, 3.05) is 36.8 Å². The fourth-order valence-electron chi connectivity index (χ4n) is 2.50. The zero-order valence-corrected chi connectivity index (χ0v) is 15.7. The van der Waals surface area contributed by atoms with Gasteiger partial charge in [0.1, 0.15) is 11.9 Å². The molecule has 0 bridgehead atoms. The summed E-state index contributed by atoms with van der Waals surface area (Å²) in [7, 11) is -3.50. The average Bonchev–Trinajstić information content (AvgIpc) is 2.61. The van der Waals surface area contributed by atoms with Crippen molar-refractivity contribution < 1.29 is 13.6 Å². The van der Waals surface area contributed by atoms with Crippen molar-refractivity contribution in [2.45, 2.75) is 25.8 Å². The lowest BCUT2D eigenvalue weighted by Crippen LogP contribution is -2.51. The average molecular weight is 387 g/mol. The molecule has 2 N–H and O–H groups in total. The molecule has 25 heavy (non-hydrogen) atoms. The minimum Gasteiger partial charge on any atom is -0.354 e. The minimum absolute atomic E-state index is 0.251. The number of hydrogen-bond acceptors (Lipinski definition) is 6. The number of nitrogens with zero attached hydrogens (tertiary/aromatic N) is 3. The van der Waals surface area contributed by atoms with E-state index in [0.29, 0.717) is 37.6 Å². The van der Waals surface area contributed by atoms with Crippen LogP contribution in [0.3, 0.4) is 0 Å². The van der Waals surface area contributed by atoms with Crippen molar-refractivity contribution in [3.63, 3.8) is 0 Å². The summed E-state index contributed by atoms with van der Waals surface area (Å²) in [5.41, 5.74) is 1.98. The van der Waals surface area contributed by atoms with E-state index in [0.717, 1.165) is 12.2 Å². The Balaban J connectivity index is 1.94. The predicted octanol–water partition coefficient (Wildman–Crippen LogP) is 1.34. The molecule has 2 heterocycles. The molecule has 0 saturated carbocycles. The molecule has 1 aliphatic rings. The molecule has 0 aliphatic carbocycles. The Morgan fingerprint density at radius 3 is 2.64 bits per heavy atom. The zero-order valence-electron chi connectivity index (χ0n) is 14.2. The summed E-state index contributed by atoms with van der Waals surface area (Å²) < 4.78 is 26.5. The van der Waals surface area contributed by atoms with Gasteiger partial charge in [0.15, 0.2) is 0 Å². The van der Waals surface area contributed by atoms with Crippen LogP contribution in [0.1, 0.15) is 19.8 Å². The summed E-state index contributed by atoms with van der Waals surface area (Å²) in [4.78, 5) is 6.28. The molecule has 0 aromatic carbocycles. The van der Waals surface area contributed by atoms with Crippen molar-refractivity contribution in [3.05, 3.63) is 23.4 Å². The third-order valence-electron chi connectivity index (χ3n) is 3.85. The smallest absolute Gasteiger partial charge is 0.216 e.